The first-order valence-electron chi connectivity index (χ1n) is 6.78. The van der Waals surface area contributed by atoms with Crippen LogP contribution >= 0.6 is 11.8 Å². The zero-order valence-corrected chi connectivity index (χ0v) is 12.0. The Bertz CT molecular complexity index is 657. The number of aromatic nitrogens is 2. The molecule has 2 aromatic rings. The number of benzene rings is 1. The fourth-order valence-corrected chi connectivity index (χ4v) is 2.76. The molecule has 1 aromatic carbocycles. The largest absolute Gasteiger partial charge is 0.470 e. The molecule has 1 aliphatic heterocycles. The third kappa shape index (κ3) is 2.07. The minimum atomic E-state index is -0.136. The fraction of sp³-hybridized carbons (Fsp3) is 0.333. The Balaban J connectivity index is 1.83. The van der Waals surface area contributed by atoms with Gasteiger partial charge in [-0.1, -0.05) is 23.9 Å². The molecule has 1 saturated carbocycles. The average Bonchev–Trinajstić information content (AvgIpc) is 3.31. The molecule has 0 bridgehead atoms. The van der Waals surface area contributed by atoms with Crippen LogP contribution in [0.15, 0.2) is 35.6 Å². The first-order chi connectivity index (χ1) is 9.85. The number of hydrogen-bond acceptors (Lipinski definition) is 5. The Hall–Kier alpha value is -1.59. The molecule has 0 spiro atoms. The van der Waals surface area contributed by atoms with Gasteiger partial charge in [-0.15, -0.1) is 0 Å². The molecule has 2 aliphatic rings. The lowest BCUT2D eigenvalue weighted by molar-refractivity contribution is 0.159. The van der Waals surface area contributed by atoms with Crippen LogP contribution in [0.25, 0.3) is 11.3 Å². The molecule has 1 unspecified atom stereocenters. The summed E-state index contributed by atoms with van der Waals surface area (Å²) in [5.41, 5.74) is 3.08. The van der Waals surface area contributed by atoms with E-state index in [0.717, 1.165) is 27.7 Å². The van der Waals surface area contributed by atoms with Crippen LogP contribution in [0.1, 0.15) is 24.6 Å². The molecule has 5 heteroatoms. The molecule has 20 heavy (non-hydrogen) atoms. The highest BCUT2D eigenvalue weighted by Crippen LogP contribution is 2.41. The number of ether oxygens (including phenoxy) is 1. The molecule has 1 N–H and O–H groups in total. The Morgan fingerprint density at radius 1 is 1.30 bits per heavy atom. The summed E-state index contributed by atoms with van der Waals surface area (Å²) in [6.45, 7) is 0. The SMILES string of the molecule is CSc1ncc2c(n1)-c1ccccc1OC2NC1CC1. The lowest BCUT2D eigenvalue weighted by Crippen LogP contribution is -2.31. The highest BCUT2D eigenvalue weighted by molar-refractivity contribution is 7.98. The quantitative estimate of drug-likeness (QED) is 0.694. The maximum absolute atomic E-state index is 6.08. The lowest BCUT2D eigenvalue weighted by atomic mass is 10.0. The molecule has 1 aromatic heterocycles. The molecular formula is C15H15N3OS. The molecule has 2 heterocycles. The van der Waals surface area contributed by atoms with Crippen LogP contribution in [0.3, 0.4) is 0 Å². The van der Waals surface area contributed by atoms with E-state index in [1.807, 2.05) is 30.7 Å². The van der Waals surface area contributed by atoms with Gasteiger partial charge < -0.3 is 4.74 Å². The molecule has 0 saturated heterocycles. The second-order valence-corrected chi connectivity index (χ2v) is 5.87. The predicted octanol–water partition coefficient (Wildman–Crippen LogP) is 3.01. The molecule has 1 aliphatic carbocycles. The monoisotopic (exact) mass is 285 g/mol. The Morgan fingerprint density at radius 3 is 2.95 bits per heavy atom. The van der Waals surface area contributed by atoms with Crippen molar-refractivity contribution in [3.8, 4) is 17.0 Å². The van der Waals surface area contributed by atoms with E-state index < -0.39 is 0 Å². The van der Waals surface area contributed by atoms with Gasteiger partial charge in [0.05, 0.1) is 11.3 Å². The Labute approximate surface area is 122 Å². The van der Waals surface area contributed by atoms with Crippen molar-refractivity contribution < 1.29 is 4.74 Å². The topological polar surface area (TPSA) is 47.0 Å². The van der Waals surface area contributed by atoms with E-state index in [-0.39, 0.29) is 6.23 Å². The summed E-state index contributed by atoms with van der Waals surface area (Å²) in [5.74, 6) is 0.893. The van der Waals surface area contributed by atoms with Crippen LogP contribution in [-0.4, -0.2) is 22.3 Å². The number of nitrogens with zero attached hydrogens (tertiary/aromatic N) is 2. The molecule has 1 atom stereocenters. The Kier molecular flexibility index (Phi) is 2.89. The van der Waals surface area contributed by atoms with E-state index in [1.165, 1.54) is 12.8 Å². The van der Waals surface area contributed by atoms with Crippen molar-refractivity contribution in [1.82, 2.24) is 15.3 Å². The number of rotatable bonds is 3. The first kappa shape index (κ1) is 12.2. The van der Waals surface area contributed by atoms with Gasteiger partial charge >= 0.3 is 0 Å². The standard InChI is InChI=1S/C15H15N3OS/c1-20-15-16-8-11-13(18-15)10-4-2-3-5-12(10)19-14(11)17-9-6-7-9/h2-5,8-9,14,17H,6-7H2,1H3. The number of fused-ring (bicyclic) bond motifs is 3. The number of para-hydroxylation sites is 1. The van der Waals surface area contributed by atoms with Crippen molar-refractivity contribution in [3.05, 3.63) is 36.0 Å². The van der Waals surface area contributed by atoms with Crippen LogP contribution in [-0.2, 0) is 0 Å². The van der Waals surface area contributed by atoms with Crippen molar-refractivity contribution >= 4 is 11.8 Å². The van der Waals surface area contributed by atoms with E-state index in [0.29, 0.717) is 6.04 Å². The maximum Gasteiger partial charge on any atom is 0.187 e. The van der Waals surface area contributed by atoms with E-state index in [2.05, 4.69) is 21.4 Å². The van der Waals surface area contributed by atoms with E-state index in [1.54, 1.807) is 11.8 Å². The van der Waals surface area contributed by atoms with Gasteiger partial charge in [0.15, 0.2) is 11.4 Å². The molecule has 0 radical (unpaired) electrons. The van der Waals surface area contributed by atoms with Gasteiger partial charge in [0.1, 0.15) is 5.75 Å². The lowest BCUT2D eigenvalue weighted by Gasteiger charge is -2.28. The van der Waals surface area contributed by atoms with Crippen molar-refractivity contribution in [2.75, 3.05) is 6.26 Å². The van der Waals surface area contributed by atoms with Gasteiger partial charge in [-0.05, 0) is 31.2 Å². The molecule has 4 rings (SSSR count). The smallest absolute Gasteiger partial charge is 0.187 e. The number of thioether (sulfide) groups is 1. The number of hydrogen-bond donors (Lipinski definition) is 1. The van der Waals surface area contributed by atoms with Crippen molar-refractivity contribution in [2.45, 2.75) is 30.3 Å². The minimum absolute atomic E-state index is 0.136. The number of nitrogens with one attached hydrogen (secondary N) is 1. The van der Waals surface area contributed by atoms with E-state index in [9.17, 15) is 0 Å². The third-order valence-corrected chi connectivity index (χ3v) is 4.17. The van der Waals surface area contributed by atoms with Crippen molar-refractivity contribution in [2.24, 2.45) is 0 Å². The Morgan fingerprint density at radius 2 is 2.15 bits per heavy atom. The molecular weight excluding hydrogens is 270 g/mol. The van der Waals surface area contributed by atoms with Crippen LogP contribution in [0.5, 0.6) is 5.75 Å². The van der Waals surface area contributed by atoms with Gasteiger partial charge in [0, 0.05) is 17.8 Å². The third-order valence-electron chi connectivity index (χ3n) is 3.61. The highest BCUT2D eigenvalue weighted by Gasteiger charge is 2.32. The second kappa shape index (κ2) is 4.75. The van der Waals surface area contributed by atoms with Crippen molar-refractivity contribution in [3.63, 3.8) is 0 Å². The predicted molar refractivity (Wildman–Crippen MR) is 78.8 cm³/mol. The molecule has 0 amide bonds. The van der Waals surface area contributed by atoms with Crippen molar-refractivity contribution in [1.29, 1.82) is 0 Å². The summed E-state index contributed by atoms with van der Waals surface area (Å²) in [7, 11) is 0. The minimum Gasteiger partial charge on any atom is -0.470 e. The fourth-order valence-electron chi connectivity index (χ4n) is 2.42. The van der Waals surface area contributed by atoms with Gasteiger partial charge in [-0.3, -0.25) is 5.32 Å². The first-order valence-corrected chi connectivity index (χ1v) is 8.00. The molecule has 1 fully saturated rings. The summed E-state index contributed by atoms with van der Waals surface area (Å²) < 4.78 is 6.08. The highest BCUT2D eigenvalue weighted by atomic mass is 32.2. The van der Waals surface area contributed by atoms with Crippen LogP contribution in [0.2, 0.25) is 0 Å². The second-order valence-electron chi connectivity index (χ2n) is 5.10. The normalized spacial score (nSPS) is 19.9. The summed E-state index contributed by atoms with van der Waals surface area (Å²) in [6.07, 6.45) is 6.20. The van der Waals surface area contributed by atoms with Gasteiger partial charge in [0.25, 0.3) is 0 Å². The zero-order valence-electron chi connectivity index (χ0n) is 11.2. The van der Waals surface area contributed by atoms with Gasteiger partial charge in [0.2, 0.25) is 0 Å². The van der Waals surface area contributed by atoms with Crippen LogP contribution < -0.4 is 10.1 Å². The summed E-state index contributed by atoms with van der Waals surface area (Å²) in [6, 6.07) is 8.63. The molecule has 4 nitrogen and oxygen atoms in total. The summed E-state index contributed by atoms with van der Waals surface area (Å²) >= 11 is 1.56. The van der Waals surface area contributed by atoms with Crippen LogP contribution in [0.4, 0.5) is 0 Å². The maximum atomic E-state index is 6.08. The zero-order chi connectivity index (χ0) is 13.5. The van der Waals surface area contributed by atoms with E-state index in [4.69, 9.17) is 4.74 Å². The van der Waals surface area contributed by atoms with E-state index >= 15 is 0 Å². The average molecular weight is 285 g/mol. The van der Waals surface area contributed by atoms with Gasteiger partial charge in [-0.2, -0.15) is 0 Å². The van der Waals surface area contributed by atoms with Gasteiger partial charge in [-0.25, -0.2) is 9.97 Å². The summed E-state index contributed by atoms with van der Waals surface area (Å²) in [5, 5.41) is 4.32. The van der Waals surface area contributed by atoms with Crippen LogP contribution in [0, 0.1) is 0 Å². The molecule has 102 valence electrons. The summed E-state index contributed by atoms with van der Waals surface area (Å²) in [4.78, 5) is 9.08.